The van der Waals surface area contributed by atoms with Gasteiger partial charge in [0.25, 0.3) is 0 Å². The van der Waals surface area contributed by atoms with Crippen molar-refractivity contribution in [2.45, 2.75) is 71.4 Å². The SMILES string of the molecule is CCCC1CCC(C(N)c2ccccc2OC(C)C)CC1. The molecular weight excluding hydrogens is 258 g/mol. The molecule has 2 heteroatoms. The van der Waals surface area contributed by atoms with Gasteiger partial charge in [0.05, 0.1) is 6.10 Å². The summed E-state index contributed by atoms with van der Waals surface area (Å²) < 4.78 is 5.94. The Bertz CT molecular complexity index is 421. The first-order valence-corrected chi connectivity index (χ1v) is 8.63. The number of hydrogen-bond donors (Lipinski definition) is 1. The van der Waals surface area contributed by atoms with Gasteiger partial charge in [-0.1, -0.05) is 50.8 Å². The van der Waals surface area contributed by atoms with Crippen molar-refractivity contribution in [2.75, 3.05) is 0 Å². The summed E-state index contributed by atoms with van der Waals surface area (Å²) in [6, 6.07) is 8.41. The van der Waals surface area contributed by atoms with Crippen molar-refractivity contribution >= 4 is 0 Å². The lowest BCUT2D eigenvalue weighted by Gasteiger charge is -2.33. The van der Waals surface area contributed by atoms with Crippen LogP contribution in [0.25, 0.3) is 0 Å². The maximum atomic E-state index is 6.59. The molecule has 1 aromatic rings. The van der Waals surface area contributed by atoms with Gasteiger partial charge in [0, 0.05) is 11.6 Å². The first kappa shape index (κ1) is 16.4. The van der Waals surface area contributed by atoms with E-state index >= 15 is 0 Å². The van der Waals surface area contributed by atoms with Gasteiger partial charge in [-0.3, -0.25) is 0 Å². The Labute approximate surface area is 130 Å². The Morgan fingerprint density at radius 3 is 2.43 bits per heavy atom. The molecule has 118 valence electrons. The Morgan fingerprint density at radius 1 is 1.14 bits per heavy atom. The topological polar surface area (TPSA) is 35.2 Å². The minimum absolute atomic E-state index is 0.113. The van der Waals surface area contributed by atoms with Crippen LogP contribution in [0.5, 0.6) is 5.75 Å². The van der Waals surface area contributed by atoms with Crippen molar-refractivity contribution in [2.24, 2.45) is 17.6 Å². The highest BCUT2D eigenvalue weighted by atomic mass is 16.5. The molecule has 0 aliphatic heterocycles. The van der Waals surface area contributed by atoms with Gasteiger partial charge in [-0.15, -0.1) is 0 Å². The van der Waals surface area contributed by atoms with Crippen molar-refractivity contribution in [1.29, 1.82) is 0 Å². The average Bonchev–Trinajstić information content (AvgIpc) is 2.48. The third kappa shape index (κ3) is 4.47. The fraction of sp³-hybridized carbons (Fsp3) is 0.684. The summed E-state index contributed by atoms with van der Waals surface area (Å²) in [5.74, 6) is 2.51. The number of benzene rings is 1. The summed E-state index contributed by atoms with van der Waals surface area (Å²) in [5, 5.41) is 0. The molecular formula is C19H31NO. The van der Waals surface area contributed by atoms with Gasteiger partial charge in [-0.25, -0.2) is 0 Å². The summed E-state index contributed by atoms with van der Waals surface area (Å²) >= 11 is 0. The molecule has 0 heterocycles. The molecule has 1 atom stereocenters. The lowest BCUT2D eigenvalue weighted by molar-refractivity contribution is 0.218. The molecule has 0 spiro atoms. The smallest absolute Gasteiger partial charge is 0.124 e. The molecule has 0 bridgehead atoms. The van der Waals surface area contributed by atoms with E-state index < -0.39 is 0 Å². The molecule has 1 unspecified atom stereocenters. The molecule has 0 radical (unpaired) electrons. The van der Waals surface area contributed by atoms with Crippen LogP contribution in [-0.2, 0) is 0 Å². The quantitative estimate of drug-likeness (QED) is 0.792. The number of ether oxygens (including phenoxy) is 1. The molecule has 0 amide bonds. The molecule has 1 fully saturated rings. The fourth-order valence-electron chi connectivity index (χ4n) is 3.62. The highest BCUT2D eigenvalue weighted by molar-refractivity contribution is 5.36. The van der Waals surface area contributed by atoms with E-state index in [2.05, 4.69) is 39.0 Å². The van der Waals surface area contributed by atoms with E-state index in [4.69, 9.17) is 10.5 Å². The van der Waals surface area contributed by atoms with Gasteiger partial charge in [0.1, 0.15) is 5.75 Å². The Morgan fingerprint density at radius 2 is 1.81 bits per heavy atom. The summed E-state index contributed by atoms with van der Waals surface area (Å²) in [5.41, 5.74) is 7.77. The van der Waals surface area contributed by atoms with E-state index in [1.54, 1.807) is 0 Å². The normalized spacial score (nSPS) is 24.0. The monoisotopic (exact) mass is 289 g/mol. The molecule has 2 nitrogen and oxygen atoms in total. The summed E-state index contributed by atoms with van der Waals surface area (Å²) in [6.45, 7) is 6.42. The second-order valence-corrected chi connectivity index (χ2v) is 6.80. The number of hydrogen-bond acceptors (Lipinski definition) is 2. The van der Waals surface area contributed by atoms with Crippen LogP contribution >= 0.6 is 0 Å². The van der Waals surface area contributed by atoms with Gasteiger partial charge in [0.15, 0.2) is 0 Å². The molecule has 21 heavy (non-hydrogen) atoms. The zero-order valence-corrected chi connectivity index (χ0v) is 13.8. The van der Waals surface area contributed by atoms with E-state index in [0.29, 0.717) is 5.92 Å². The van der Waals surface area contributed by atoms with Crippen LogP contribution in [0.4, 0.5) is 0 Å². The second kappa shape index (κ2) is 7.84. The standard InChI is InChI=1S/C19H31NO/c1-4-7-15-10-12-16(13-11-15)19(20)17-8-5-6-9-18(17)21-14(2)3/h5-6,8-9,14-16,19H,4,7,10-13,20H2,1-3H3. The van der Waals surface area contributed by atoms with E-state index in [9.17, 15) is 0 Å². The van der Waals surface area contributed by atoms with Crippen LogP contribution in [0, 0.1) is 11.8 Å². The largest absolute Gasteiger partial charge is 0.491 e. The van der Waals surface area contributed by atoms with Crippen molar-refractivity contribution in [3.8, 4) is 5.75 Å². The first-order chi connectivity index (χ1) is 10.1. The maximum Gasteiger partial charge on any atom is 0.124 e. The molecule has 1 aliphatic carbocycles. The highest BCUT2D eigenvalue weighted by Gasteiger charge is 2.27. The van der Waals surface area contributed by atoms with Gasteiger partial charge in [-0.05, 0) is 44.6 Å². The summed E-state index contributed by atoms with van der Waals surface area (Å²) in [7, 11) is 0. The van der Waals surface area contributed by atoms with Crippen LogP contribution in [0.2, 0.25) is 0 Å². The molecule has 1 aliphatic rings. The highest BCUT2D eigenvalue weighted by Crippen LogP contribution is 2.39. The van der Waals surface area contributed by atoms with Gasteiger partial charge < -0.3 is 10.5 Å². The predicted octanol–water partition coefficient (Wildman–Crippen LogP) is 5.08. The molecule has 1 aromatic carbocycles. The van der Waals surface area contributed by atoms with E-state index in [1.807, 2.05) is 6.07 Å². The molecule has 1 saturated carbocycles. The fourth-order valence-corrected chi connectivity index (χ4v) is 3.62. The van der Waals surface area contributed by atoms with Gasteiger partial charge in [-0.2, -0.15) is 0 Å². The number of para-hydroxylation sites is 1. The minimum atomic E-state index is 0.113. The summed E-state index contributed by atoms with van der Waals surface area (Å²) in [4.78, 5) is 0. The molecule has 2 rings (SSSR count). The average molecular weight is 289 g/mol. The van der Waals surface area contributed by atoms with Crippen LogP contribution in [0.3, 0.4) is 0 Å². The van der Waals surface area contributed by atoms with Gasteiger partial charge >= 0.3 is 0 Å². The van der Waals surface area contributed by atoms with Gasteiger partial charge in [0.2, 0.25) is 0 Å². The third-order valence-corrected chi connectivity index (χ3v) is 4.74. The van der Waals surface area contributed by atoms with Crippen LogP contribution < -0.4 is 10.5 Å². The Kier molecular flexibility index (Phi) is 6.10. The van der Waals surface area contributed by atoms with E-state index in [-0.39, 0.29) is 12.1 Å². The Hall–Kier alpha value is -1.02. The summed E-state index contributed by atoms with van der Waals surface area (Å²) in [6.07, 6.45) is 8.11. The molecule has 0 aromatic heterocycles. The first-order valence-electron chi connectivity index (χ1n) is 8.63. The molecule has 2 N–H and O–H groups in total. The van der Waals surface area contributed by atoms with Crippen molar-refractivity contribution in [3.63, 3.8) is 0 Å². The minimum Gasteiger partial charge on any atom is -0.491 e. The predicted molar refractivity (Wildman–Crippen MR) is 89.5 cm³/mol. The number of nitrogens with two attached hydrogens (primary N) is 1. The zero-order chi connectivity index (χ0) is 15.2. The van der Waals surface area contributed by atoms with Crippen molar-refractivity contribution in [3.05, 3.63) is 29.8 Å². The van der Waals surface area contributed by atoms with Crippen LogP contribution in [-0.4, -0.2) is 6.10 Å². The van der Waals surface area contributed by atoms with Crippen molar-refractivity contribution in [1.82, 2.24) is 0 Å². The van der Waals surface area contributed by atoms with Crippen LogP contribution in [0.15, 0.2) is 24.3 Å². The zero-order valence-electron chi connectivity index (χ0n) is 13.8. The molecule has 0 saturated heterocycles. The maximum absolute atomic E-state index is 6.59. The second-order valence-electron chi connectivity index (χ2n) is 6.80. The number of rotatable bonds is 6. The van der Waals surface area contributed by atoms with Crippen LogP contribution in [0.1, 0.15) is 70.9 Å². The lowest BCUT2D eigenvalue weighted by Crippen LogP contribution is -2.26. The van der Waals surface area contributed by atoms with E-state index in [0.717, 1.165) is 11.7 Å². The third-order valence-electron chi connectivity index (χ3n) is 4.74. The van der Waals surface area contributed by atoms with E-state index in [1.165, 1.54) is 44.1 Å². The van der Waals surface area contributed by atoms with Crippen molar-refractivity contribution < 1.29 is 4.74 Å². The Balaban J connectivity index is 2.02. The lowest BCUT2D eigenvalue weighted by atomic mass is 9.75.